The van der Waals surface area contributed by atoms with Crippen molar-refractivity contribution in [3.05, 3.63) is 21.7 Å². The average Bonchev–Trinajstić information content (AvgIpc) is 3.05. The maximum atomic E-state index is 11.2. The number of carbonyl (C=O) groups excluding carboxylic acids is 1. The molecule has 0 radical (unpaired) electrons. The van der Waals surface area contributed by atoms with Crippen molar-refractivity contribution < 1.29 is 9.53 Å². The molecule has 2 rings (SSSR count). The molecule has 0 unspecified atom stereocenters. The van der Waals surface area contributed by atoms with Gasteiger partial charge in [0.1, 0.15) is 11.6 Å². The van der Waals surface area contributed by atoms with E-state index in [1.54, 1.807) is 17.4 Å². The van der Waals surface area contributed by atoms with E-state index in [9.17, 15) is 4.79 Å². The first-order valence-corrected chi connectivity index (χ1v) is 5.78. The van der Waals surface area contributed by atoms with Crippen molar-refractivity contribution in [2.24, 2.45) is 0 Å². The quantitative estimate of drug-likeness (QED) is 0.456. The Morgan fingerprint density at radius 2 is 2.50 bits per heavy atom. The molecule has 4 nitrogen and oxygen atoms in total. The van der Waals surface area contributed by atoms with Crippen LogP contribution in [0.5, 0.6) is 0 Å². The van der Waals surface area contributed by atoms with Crippen LogP contribution in [0, 0.1) is 11.3 Å². The Morgan fingerprint density at radius 3 is 3.06 bits per heavy atom. The summed E-state index contributed by atoms with van der Waals surface area (Å²) >= 11 is 1.57. The molecule has 1 aliphatic carbocycles. The van der Waals surface area contributed by atoms with Crippen LogP contribution in [0.25, 0.3) is 6.08 Å². The molecular weight excluding hydrogens is 224 g/mol. The molecule has 0 spiro atoms. The predicted octanol–water partition coefficient (Wildman–Crippen LogP) is 2.10. The summed E-state index contributed by atoms with van der Waals surface area (Å²) in [5.41, 5.74) is 0.643. The molecule has 0 saturated heterocycles. The first-order valence-electron chi connectivity index (χ1n) is 4.90. The van der Waals surface area contributed by atoms with Crippen LogP contribution in [0.1, 0.15) is 29.5 Å². The molecule has 0 N–H and O–H groups in total. The molecule has 1 saturated carbocycles. The molecule has 1 aromatic rings. The fourth-order valence-electron chi connectivity index (χ4n) is 1.28. The lowest BCUT2D eigenvalue weighted by atomic mass is 10.2. The molecular formula is C11H10N2O2S. The number of carbonyl (C=O) groups is 1. The van der Waals surface area contributed by atoms with Crippen LogP contribution in [0.15, 0.2) is 11.0 Å². The summed E-state index contributed by atoms with van der Waals surface area (Å²) < 4.78 is 4.49. The fourth-order valence-corrected chi connectivity index (χ4v) is 2.23. The highest BCUT2D eigenvalue weighted by molar-refractivity contribution is 7.09. The van der Waals surface area contributed by atoms with Gasteiger partial charge >= 0.3 is 5.97 Å². The van der Waals surface area contributed by atoms with Crippen molar-refractivity contribution in [1.82, 2.24) is 4.98 Å². The molecule has 1 aromatic heterocycles. The smallest absolute Gasteiger partial charge is 0.348 e. The largest absolute Gasteiger partial charge is 0.465 e. The van der Waals surface area contributed by atoms with Gasteiger partial charge in [-0.3, -0.25) is 0 Å². The summed E-state index contributed by atoms with van der Waals surface area (Å²) in [6, 6.07) is 1.81. The minimum atomic E-state index is -0.622. The minimum Gasteiger partial charge on any atom is -0.465 e. The number of nitriles is 1. The van der Waals surface area contributed by atoms with Crippen LogP contribution in [0.4, 0.5) is 0 Å². The second-order valence-electron chi connectivity index (χ2n) is 3.55. The van der Waals surface area contributed by atoms with Crippen LogP contribution < -0.4 is 0 Å². The minimum absolute atomic E-state index is 0.0184. The highest BCUT2D eigenvalue weighted by Gasteiger charge is 2.26. The molecule has 16 heavy (non-hydrogen) atoms. The standard InChI is InChI=1S/C11H10N2O2S/c1-15-11(14)8(5-12)4-9-6-16-10(13-9)7-2-3-7/h4,6-7H,2-3H2,1H3/b8-4-. The highest BCUT2D eigenvalue weighted by Crippen LogP contribution is 2.41. The Hall–Kier alpha value is -1.67. The van der Waals surface area contributed by atoms with E-state index >= 15 is 0 Å². The van der Waals surface area contributed by atoms with Gasteiger partial charge in [-0.25, -0.2) is 9.78 Å². The van der Waals surface area contributed by atoms with Gasteiger partial charge in [0.2, 0.25) is 0 Å². The van der Waals surface area contributed by atoms with E-state index in [0.29, 0.717) is 11.6 Å². The van der Waals surface area contributed by atoms with E-state index in [4.69, 9.17) is 5.26 Å². The van der Waals surface area contributed by atoms with Crippen LogP contribution in [0.3, 0.4) is 0 Å². The summed E-state index contributed by atoms with van der Waals surface area (Å²) in [6.07, 6.45) is 3.85. The molecule has 0 aromatic carbocycles. The number of ether oxygens (including phenoxy) is 1. The molecule has 5 heteroatoms. The summed E-state index contributed by atoms with van der Waals surface area (Å²) in [6.45, 7) is 0. The Morgan fingerprint density at radius 1 is 1.75 bits per heavy atom. The second-order valence-corrected chi connectivity index (χ2v) is 4.44. The van der Waals surface area contributed by atoms with Gasteiger partial charge in [0.25, 0.3) is 0 Å². The van der Waals surface area contributed by atoms with Crippen LogP contribution in [-0.2, 0) is 9.53 Å². The summed E-state index contributed by atoms with van der Waals surface area (Å²) in [7, 11) is 1.25. The first kappa shape index (κ1) is 10.8. The molecule has 1 heterocycles. The second kappa shape index (κ2) is 4.45. The van der Waals surface area contributed by atoms with Crippen LogP contribution in [-0.4, -0.2) is 18.1 Å². The third-order valence-electron chi connectivity index (χ3n) is 2.28. The molecule has 0 amide bonds. The number of aromatic nitrogens is 1. The van der Waals surface area contributed by atoms with Gasteiger partial charge in [0, 0.05) is 11.3 Å². The number of nitrogens with zero attached hydrogens (tertiary/aromatic N) is 2. The zero-order valence-electron chi connectivity index (χ0n) is 8.77. The van der Waals surface area contributed by atoms with Gasteiger partial charge in [0.05, 0.1) is 17.8 Å². The molecule has 1 aliphatic rings. The Kier molecular flexibility index (Phi) is 3.02. The van der Waals surface area contributed by atoms with E-state index in [2.05, 4.69) is 9.72 Å². The molecule has 0 atom stereocenters. The number of rotatable bonds is 3. The van der Waals surface area contributed by atoms with E-state index < -0.39 is 5.97 Å². The Bertz CT molecular complexity index is 480. The van der Waals surface area contributed by atoms with Crippen LogP contribution >= 0.6 is 11.3 Å². The normalized spacial score (nSPS) is 15.6. The third kappa shape index (κ3) is 2.28. The van der Waals surface area contributed by atoms with E-state index in [1.807, 2.05) is 5.38 Å². The number of thiazole rings is 1. The summed E-state index contributed by atoms with van der Waals surface area (Å²) in [5.74, 6) is -0.0284. The fraction of sp³-hybridized carbons (Fsp3) is 0.364. The van der Waals surface area contributed by atoms with Crippen molar-refractivity contribution >= 4 is 23.4 Å². The Labute approximate surface area is 97.2 Å². The zero-order valence-corrected chi connectivity index (χ0v) is 9.58. The predicted molar refractivity (Wildman–Crippen MR) is 59.7 cm³/mol. The van der Waals surface area contributed by atoms with Gasteiger partial charge in [-0.05, 0) is 18.9 Å². The SMILES string of the molecule is COC(=O)/C(C#N)=C\c1csc(C2CC2)n1. The van der Waals surface area contributed by atoms with Gasteiger partial charge in [-0.1, -0.05) is 0 Å². The highest BCUT2D eigenvalue weighted by atomic mass is 32.1. The number of esters is 1. The van der Waals surface area contributed by atoms with Crippen molar-refractivity contribution in [3.63, 3.8) is 0 Å². The number of methoxy groups -OCH3 is 1. The topological polar surface area (TPSA) is 63.0 Å². The summed E-state index contributed by atoms with van der Waals surface area (Å²) in [4.78, 5) is 15.5. The lowest BCUT2D eigenvalue weighted by molar-refractivity contribution is -0.135. The van der Waals surface area contributed by atoms with Gasteiger partial charge in [-0.2, -0.15) is 5.26 Å². The van der Waals surface area contributed by atoms with Crippen molar-refractivity contribution in [2.45, 2.75) is 18.8 Å². The zero-order chi connectivity index (χ0) is 11.5. The van der Waals surface area contributed by atoms with Crippen molar-refractivity contribution in [1.29, 1.82) is 5.26 Å². The van der Waals surface area contributed by atoms with Gasteiger partial charge in [0.15, 0.2) is 0 Å². The molecule has 82 valence electrons. The monoisotopic (exact) mass is 234 g/mol. The van der Waals surface area contributed by atoms with Crippen molar-refractivity contribution in [3.8, 4) is 6.07 Å². The summed E-state index contributed by atoms with van der Waals surface area (Å²) in [5, 5.41) is 11.7. The first-order chi connectivity index (χ1) is 7.74. The molecule has 0 aliphatic heterocycles. The molecule has 0 bridgehead atoms. The lowest BCUT2D eigenvalue weighted by Gasteiger charge is -1.93. The maximum absolute atomic E-state index is 11.2. The van der Waals surface area contributed by atoms with Crippen LogP contribution in [0.2, 0.25) is 0 Å². The maximum Gasteiger partial charge on any atom is 0.348 e. The number of hydrogen-bond donors (Lipinski definition) is 0. The number of hydrogen-bond acceptors (Lipinski definition) is 5. The Balaban J connectivity index is 2.19. The van der Waals surface area contributed by atoms with E-state index in [1.165, 1.54) is 26.0 Å². The lowest BCUT2D eigenvalue weighted by Crippen LogP contribution is -2.02. The van der Waals surface area contributed by atoms with Crippen molar-refractivity contribution in [2.75, 3.05) is 7.11 Å². The molecule has 1 fully saturated rings. The third-order valence-corrected chi connectivity index (χ3v) is 3.31. The van der Waals surface area contributed by atoms with E-state index in [-0.39, 0.29) is 5.57 Å². The van der Waals surface area contributed by atoms with Gasteiger partial charge < -0.3 is 4.74 Å². The van der Waals surface area contributed by atoms with Gasteiger partial charge in [-0.15, -0.1) is 11.3 Å². The average molecular weight is 234 g/mol. The van der Waals surface area contributed by atoms with E-state index in [0.717, 1.165) is 5.01 Å².